The molecule has 2 aliphatic rings. The normalized spacial score (nSPS) is 26.6. The number of aliphatic hydroxyl groups excluding tert-OH is 1. The Morgan fingerprint density at radius 1 is 1.36 bits per heavy atom. The van der Waals surface area contributed by atoms with Gasteiger partial charge in [-0.2, -0.15) is 4.98 Å². The summed E-state index contributed by atoms with van der Waals surface area (Å²) >= 11 is 0. The van der Waals surface area contributed by atoms with Gasteiger partial charge in [0.25, 0.3) is 5.56 Å². The van der Waals surface area contributed by atoms with E-state index in [4.69, 9.17) is 14.2 Å². The van der Waals surface area contributed by atoms with E-state index in [1.165, 1.54) is 0 Å². The van der Waals surface area contributed by atoms with Crippen LogP contribution < -0.4 is 10.3 Å². The number of carbonyl (C=O) groups excluding carboxylic acids is 1. The molecule has 1 saturated heterocycles. The third-order valence-electron chi connectivity index (χ3n) is 4.30. The van der Waals surface area contributed by atoms with Crippen LogP contribution in [0.2, 0.25) is 0 Å². The molecule has 3 heterocycles. The van der Waals surface area contributed by atoms with Crippen molar-refractivity contribution >= 4 is 5.97 Å². The number of aryl methyl sites for hydroxylation is 1. The lowest BCUT2D eigenvalue weighted by atomic mass is 10.1. The van der Waals surface area contributed by atoms with Gasteiger partial charge in [0.15, 0.2) is 12.3 Å². The maximum absolute atomic E-state index is 12.0. The van der Waals surface area contributed by atoms with E-state index in [1.54, 1.807) is 48.0 Å². The molecule has 8 nitrogen and oxygen atoms in total. The van der Waals surface area contributed by atoms with Crippen LogP contribution in [0.3, 0.4) is 0 Å². The zero-order valence-corrected chi connectivity index (χ0v) is 13.4. The second-order valence-electron chi connectivity index (χ2n) is 6.02. The first kappa shape index (κ1) is 15.8. The van der Waals surface area contributed by atoms with Gasteiger partial charge in [-0.15, -0.1) is 0 Å². The van der Waals surface area contributed by atoms with Crippen molar-refractivity contribution in [1.29, 1.82) is 0 Å². The number of hydrogen-bond acceptors (Lipinski definition) is 7. The predicted molar refractivity (Wildman–Crippen MR) is 84.3 cm³/mol. The summed E-state index contributed by atoms with van der Waals surface area (Å²) in [4.78, 5) is 27.4. The summed E-state index contributed by atoms with van der Waals surface area (Å²) in [5, 5.41) is 10.4. The number of hydrogen-bond donors (Lipinski definition) is 1. The molecule has 4 atom stereocenters. The van der Waals surface area contributed by atoms with E-state index in [2.05, 4.69) is 4.98 Å². The first-order valence-corrected chi connectivity index (χ1v) is 7.87. The average Bonchev–Trinajstić information content (AvgIpc) is 3.11. The van der Waals surface area contributed by atoms with Crippen LogP contribution in [0.15, 0.2) is 41.3 Å². The summed E-state index contributed by atoms with van der Waals surface area (Å²) in [7, 11) is 0. The van der Waals surface area contributed by atoms with Crippen LogP contribution in [0.1, 0.15) is 22.1 Å². The summed E-state index contributed by atoms with van der Waals surface area (Å²) in [6.45, 7) is 1.54. The fourth-order valence-corrected chi connectivity index (χ4v) is 2.97. The monoisotopic (exact) mass is 344 g/mol. The smallest absolute Gasteiger partial charge is 0.338 e. The van der Waals surface area contributed by atoms with Gasteiger partial charge < -0.3 is 19.3 Å². The van der Waals surface area contributed by atoms with Crippen LogP contribution >= 0.6 is 0 Å². The topological polar surface area (TPSA) is 99.9 Å². The van der Waals surface area contributed by atoms with Crippen LogP contribution in [0.5, 0.6) is 6.01 Å². The summed E-state index contributed by atoms with van der Waals surface area (Å²) in [5.74, 6) is -0.490. The Morgan fingerprint density at radius 3 is 2.88 bits per heavy atom. The van der Waals surface area contributed by atoms with Gasteiger partial charge >= 0.3 is 12.0 Å². The van der Waals surface area contributed by atoms with Crippen molar-refractivity contribution in [2.45, 2.75) is 31.5 Å². The summed E-state index contributed by atoms with van der Waals surface area (Å²) < 4.78 is 18.1. The van der Waals surface area contributed by atoms with Gasteiger partial charge in [-0.1, -0.05) is 18.2 Å². The number of aromatic nitrogens is 2. The van der Waals surface area contributed by atoms with E-state index in [9.17, 15) is 14.7 Å². The largest absolute Gasteiger partial charge is 0.459 e. The molecule has 1 aromatic carbocycles. The summed E-state index contributed by atoms with van der Waals surface area (Å²) in [6.07, 6.45) is -1.46. The number of ether oxygens (including phenoxy) is 3. The molecule has 25 heavy (non-hydrogen) atoms. The van der Waals surface area contributed by atoms with Gasteiger partial charge in [0.1, 0.15) is 18.8 Å². The molecular weight excluding hydrogens is 328 g/mol. The van der Waals surface area contributed by atoms with E-state index in [1.807, 2.05) is 0 Å². The van der Waals surface area contributed by atoms with Crippen molar-refractivity contribution in [1.82, 2.24) is 9.55 Å². The number of fused-ring (bicyclic) bond motifs is 3. The Labute approximate surface area is 142 Å². The molecule has 0 spiro atoms. The first-order chi connectivity index (χ1) is 12.0. The molecule has 1 N–H and O–H groups in total. The van der Waals surface area contributed by atoms with Gasteiger partial charge in [-0.3, -0.25) is 9.36 Å². The molecule has 2 aromatic rings. The SMILES string of the molecule is Cc1cn2c(nc1=O)O[C@@H]1[C@H](O)[C@@H](COC(=O)c3ccccc3)O[C@H]12. The van der Waals surface area contributed by atoms with Crippen molar-refractivity contribution in [2.24, 2.45) is 0 Å². The molecule has 0 unspecified atom stereocenters. The highest BCUT2D eigenvalue weighted by atomic mass is 16.6. The lowest BCUT2D eigenvalue weighted by Gasteiger charge is -2.17. The predicted octanol–water partition coefficient (Wildman–Crippen LogP) is 0.428. The van der Waals surface area contributed by atoms with Gasteiger partial charge in [-0.25, -0.2) is 4.79 Å². The number of aliphatic hydroxyl groups is 1. The zero-order valence-electron chi connectivity index (χ0n) is 13.4. The lowest BCUT2D eigenvalue weighted by Crippen LogP contribution is -2.36. The van der Waals surface area contributed by atoms with E-state index >= 15 is 0 Å². The highest BCUT2D eigenvalue weighted by molar-refractivity contribution is 5.89. The minimum absolute atomic E-state index is 0.104. The van der Waals surface area contributed by atoms with E-state index in [0.29, 0.717) is 11.1 Å². The highest BCUT2D eigenvalue weighted by Gasteiger charge is 2.51. The maximum Gasteiger partial charge on any atom is 0.338 e. The van der Waals surface area contributed by atoms with Gasteiger partial charge in [0, 0.05) is 11.8 Å². The van der Waals surface area contributed by atoms with Crippen LogP contribution in [0, 0.1) is 6.92 Å². The summed E-state index contributed by atoms with van der Waals surface area (Å²) in [5.41, 5.74) is 0.494. The Hall–Kier alpha value is -2.71. The number of rotatable bonds is 3. The molecule has 4 rings (SSSR count). The van der Waals surface area contributed by atoms with Crippen LogP contribution in [0.4, 0.5) is 0 Å². The molecule has 2 aliphatic heterocycles. The van der Waals surface area contributed by atoms with Crippen LogP contribution in [0.25, 0.3) is 0 Å². The van der Waals surface area contributed by atoms with E-state index in [0.717, 1.165) is 0 Å². The Balaban J connectivity index is 1.45. The number of nitrogens with zero attached hydrogens (tertiary/aromatic N) is 2. The highest BCUT2D eigenvalue weighted by Crippen LogP contribution is 2.39. The van der Waals surface area contributed by atoms with Crippen molar-refractivity contribution in [3.63, 3.8) is 0 Å². The minimum Gasteiger partial charge on any atom is -0.459 e. The molecule has 1 fully saturated rings. The van der Waals surface area contributed by atoms with Gasteiger partial charge in [0.2, 0.25) is 0 Å². The summed E-state index contributed by atoms with van der Waals surface area (Å²) in [6, 6.07) is 8.69. The zero-order chi connectivity index (χ0) is 17.6. The molecule has 8 heteroatoms. The third-order valence-corrected chi connectivity index (χ3v) is 4.30. The van der Waals surface area contributed by atoms with E-state index in [-0.39, 0.29) is 18.2 Å². The molecular formula is C17H16N2O6. The molecule has 0 radical (unpaired) electrons. The first-order valence-electron chi connectivity index (χ1n) is 7.87. The van der Waals surface area contributed by atoms with Gasteiger partial charge in [0.05, 0.1) is 5.56 Å². The number of carbonyl (C=O) groups is 1. The molecule has 1 aromatic heterocycles. The van der Waals surface area contributed by atoms with Crippen molar-refractivity contribution in [3.8, 4) is 6.01 Å². The molecule has 0 bridgehead atoms. The minimum atomic E-state index is -1.01. The Kier molecular flexibility index (Phi) is 3.78. The van der Waals surface area contributed by atoms with Crippen molar-refractivity contribution in [2.75, 3.05) is 6.61 Å². The van der Waals surface area contributed by atoms with Gasteiger partial charge in [-0.05, 0) is 19.1 Å². The van der Waals surface area contributed by atoms with E-state index < -0.39 is 30.5 Å². The van der Waals surface area contributed by atoms with Crippen LogP contribution in [-0.2, 0) is 9.47 Å². The standard InChI is InChI=1S/C17H16N2O6/c1-9-7-19-15-13(25-17(19)18-14(9)21)12(20)11(24-15)8-23-16(22)10-5-3-2-4-6-10/h2-7,11-13,15,20H,8H2,1H3/t11-,12-,13-,15-/m1/s1. The molecule has 0 saturated carbocycles. The number of benzene rings is 1. The van der Waals surface area contributed by atoms with Crippen molar-refractivity contribution < 1.29 is 24.1 Å². The van der Waals surface area contributed by atoms with Crippen molar-refractivity contribution in [3.05, 3.63) is 58.0 Å². The maximum atomic E-state index is 12.0. The molecule has 130 valence electrons. The number of esters is 1. The fourth-order valence-electron chi connectivity index (χ4n) is 2.97. The fraction of sp³-hybridized carbons (Fsp3) is 0.353. The lowest BCUT2D eigenvalue weighted by molar-refractivity contribution is -0.0512. The Bertz CT molecular complexity index is 865. The molecule has 0 amide bonds. The quantitative estimate of drug-likeness (QED) is 0.806. The third kappa shape index (κ3) is 2.69. The Morgan fingerprint density at radius 2 is 2.12 bits per heavy atom. The average molecular weight is 344 g/mol. The second kappa shape index (κ2) is 5.98. The molecule has 0 aliphatic carbocycles. The second-order valence-corrected chi connectivity index (χ2v) is 6.02. The van der Waals surface area contributed by atoms with Crippen LogP contribution in [-0.4, -0.2) is 45.5 Å².